The number of amides is 4. The molecule has 4 N–H and O–H groups in total. The SMILES string of the molecule is CC[C@H](C)[C@@H]([C@@H](CC(=O)C1CC[C@@H]([C@H](OC)[C@@H](C)C(=O)N[C@@H](Cc2ccccc2)C(=O)N2CCCO2)N1)OC)N(C)C(=O)[C@@H](NC(=O)[C@@H](NC)C(C)C)C(C)C. The van der Waals surface area contributed by atoms with Gasteiger partial charge in [0.05, 0.1) is 49.4 Å². The van der Waals surface area contributed by atoms with Crippen molar-refractivity contribution in [1.82, 2.24) is 31.2 Å². The Morgan fingerprint density at radius 1 is 0.929 bits per heavy atom. The van der Waals surface area contributed by atoms with E-state index in [9.17, 15) is 24.0 Å². The highest BCUT2D eigenvalue weighted by Gasteiger charge is 2.42. The van der Waals surface area contributed by atoms with E-state index in [4.69, 9.17) is 14.3 Å². The highest BCUT2D eigenvalue weighted by Crippen LogP contribution is 2.27. The summed E-state index contributed by atoms with van der Waals surface area (Å²) in [6.45, 7) is 14.5. The quantitative estimate of drug-likeness (QED) is 0.137. The van der Waals surface area contributed by atoms with Crippen molar-refractivity contribution in [3.05, 3.63) is 35.9 Å². The summed E-state index contributed by atoms with van der Waals surface area (Å²) in [5.74, 6) is -1.94. The van der Waals surface area contributed by atoms with Crippen molar-refractivity contribution in [2.24, 2.45) is 23.7 Å². The summed E-state index contributed by atoms with van der Waals surface area (Å²) in [6.07, 6.45) is 1.84. The molecular formula is C42H70N6O8. The fourth-order valence-corrected chi connectivity index (χ4v) is 8.11. The van der Waals surface area contributed by atoms with Gasteiger partial charge in [-0.3, -0.25) is 28.8 Å². The summed E-state index contributed by atoms with van der Waals surface area (Å²) in [4.78, 5) is 75.7. The van der Waals surface area contributed by atoms with Crippen molar-refractivity contribution in [3.63, 3.8) is 0 Å². The van der Waals surface area contributed by atoms with Crippen LogP contribution in [0.4, 0.5) is 0 Å². The molecule has 0 saturated carbocycles. The Hall–Kier alpha value is -3.43. The zero-order chi connectivity index (χ0) is 41.7. The lowest BCUT2D eigenvalue weighted by atomic mass is 9.88. The number of carbonyl (C=O) groups excluding carboxylic acids is 5. The molecule has 56 heavy (non-hydrogen) atoms. The van der Waals surface area contributed by atoms with Crippen LogP contribution in [0.3, 0.4) is 0 Å². The number of likely N-dealkylation sites (N-methyl/N-ethyl adjacent to an activating group) is 2. The van der Waals surface area contributed by atoms with Crippen molar-refractivity contribution in [2.45, 2.75) is 135 Å². The number of methoxy groups -OCH3 is 2. The van der Waals surface area contributed by atoms with Crippen LogP contribution in [0.25, 0.3) is 0 Å². The molecule has 0 bridgehead atoms. The van der Waals surface area contributed by atoms with Crippen LogP contribution in [-0.4, -0.2) is 129 Å². The number of rotatable bonds is 22. The normalized spacial score (nSPS) is 21.5. The minimum Gasteiger partial charge on any atom is -0.379 e. The number of hydrogen-bond acceptors (Lipinski definition) is 10. The lowest BCUT2D eigenvalue weighted by Crippen LogP contribution is -2.59. The molecule has 1 aromatic rings. The van der Waals surface area contributed by atoms with Crippen molar-refractivity contribution in [1.29, 1.82) is 0 Å². The molecule has 3 rings (SSSR count). The van der Waals surface area contributed by atoms with E-state index in [1.54, 1.807) is 40.1 Å². The predicted molar refractivity (Wildman–Crippen MR) is 215 cm³/mol. The van der Waals surface area contributed by atoms with E-state index in [0.29, 0.717) is 32.4 Å². The number of ether oxygens (including phenoxy) is 2. The molecule has 2 aliphatic heterocycles. The standard InChI is InChI=1S/C42H70N6O8/c1-12-27(6)37(47(9)42(53)36(26(4)5)46-40(51)35(43-8)25(2)3)34(54-10)24-33(49)30-19-20-31(44-30)38(55-11)28(7)39(50)45-32(23-29-17-14-13-15-18-29)41(52)48-21-16-22-56-48/h13-15,17-18,25-28,30-32,34-38,43-44H,12,16,19-24H2,1-11H3,(H,45,50)(H,46,51)/t27-,28+,30?,31-,32-,34+,35-,36-,37-,38+/m0/s1. The lowest BCUT2D eigenvalue weighted by molar-refractivity contribution is -0.172. The van der Waals surface area contributed by atoms with E-state index in [-0.39, 0.29) is 59.6 Å². The Morgan fingerprint density at radius 2 is 1.59 bits per heavy atom. The van der Waals surface area contributed by atoms with Gasteiger partial charge in [0, 0.05) is 40.2 Å². The second-order valence-corrected chi connectivity index (χ2v) is 16.3. The fourth-order valence-electron chi connectivity index (χ4n) is 8.11. The fraction of sp³-hybridized carbons (Fsp3) is 0.738. The number of nitrogens with one attached hydrogen (secondary N) is 4. The van der Waals surface area contributed by atoms with Crippen molar-refractivity contribution >= 4 is 29.4 Å². The highest BCUT2D eigenvalue weighted by molar-refractivity contribution is 5.91. The summed E-state index contributed by atoms with van der Waals surface area (Å²) in [5.41, 5.74) is 0.913. The molecule has 10 atom stereocenters. The van der Waals surface area contributed by atoms with Gasteiger partial charge in [0.15, 0.2) is 5.78 Å². The number of benzene rings is 1. The third-order valence-corrected chi connectivity index (χ3v) is 11.6. The Labute approximate surface area is 334 Å². The molecule has 2 fully saturated rings. The maximum Gasteiger partial charge on any atom is 0.269 e. The van der Waals surface area contributed by atoms with Gasteiger partial charge in [0.2, 0.25) is 17.7 Å². The van der Waals surface area contributed by atoms with Gasteiger partial charge in [-0.05, 0) is 49.6 Å². The lowest BCUT2D eigenvalue weighted by Gasteiger charge is -2.40. The number of carbonyl (C=O) groups is 5. The third-order valence-electron chi connectivity index (χ3n) is 11.6. The average Bonchev–Trinajstić information content (AvgIpc) is 3.90. The van der Waals surface area contributed by atoms with Gasteiger partial charge < -0.3 is 35.6 Å². The predicted octanol–water partition coefficient (Wildman–Crippen LogP) is 2.88. The molecule has 0 aromatic heterocycles. The van der Waals surface area contributed by atoms with E-state index < -0.39 is 48.3 Å². The zero-order valence-electron chi connectivity index (χ0n) is 35.6. The van der Waals surface area contributed by atoms with Crippen LogP contribution in [-0.2, 0) is 44.7 Å². The molecule has 4 amide bonds. The van der Waals surface area contributed by atoms with E-state index in [1.165, 1.54) is 5.06 Å². The summed E-state index contributed by atoms with van der Waals surface area (Å²) in [6, 6.07) is 6.28. The Morgan fingerprint density at radius 3 is 2.12 bits per heavy atom. The van der Waals surface area contributed by atoms with Crippen molar-refractivity contribution in [2.75, 3.05) is 41.5 Å². The number of nitrogens with zero attached hydrogens (tertiary/aromatic N) is 2. The van der Waals surface area contributed by atoms with Gasteiger partial charge in [0.25, 0.3) is 5.91 Å². The Balaban J connectivity index is 1.70. The van der Waals surface area contributed by atoms with Crippen LogP contribution in [0, 0.1) is 23.7 Å². The first-order valence-electron chi connectivity index (χ1n) is 20.5. The molecule has 2 aliphatic rings. The van der Waals surface area contributed by atoms with E-state index in [2.05, 4.69) is 21.3 Å². The van der Waals surface area contributed by atoms with Crippen LogP contribution in [0.5, 0.6) is 0 Å². The van der Waals surface area contributed by atoms with Gasteiger partial charge in [-0.2, -0.15) is 0 Å². The minimum absolute atomic E-state index is 0.0120. The van der Waals surface area contributed by atoms with Gasteiger partial charge in [-0.1, -0.05) is 85.2 Å². The molecule has 1 aromatic carbocycles. The molecule has 0 aliphatic carbocycles. The van der Waals surface area contributed by atoms with E-state index in [1.807, 2.05) is 71.9 Å². The first kappa shape index (κ1) is 46.9. The van der Waals surface area contributed by atoms with Crippen LogP contribution < -0.4 is 21.3 Å². The molecule has 0 radical (unpaired) electrons. The largest absolute Gasteiger partial charge is 0.379 e. The maximum absolute atomic E-state index is 14.1. The van der Waals surface area contributed by atoms with Gasteiger partial charge in [-0.25, -0.2) is 5.06 Å². The maximum atomic E-state index is 14.1. The monoisotopic (exact) mass is 787 g/mol. The summed E-state index contributed by atoms with van der Waals surface area (Å²) in [7, 11) is 6.57. The second kappa shape index (κ2) is 22.5. The zero-order valence-corrected chi connectivity index (χ0v) is 35.6. The average molecular weight is 787 g/mol. The molecule has 1 unspecified atom stereocenters. The number of hydroxylamine groups is 2. The first-order valence-corrected chi connectivity index (χ1v) is 20.5. The molecule has 14 heteroatoms. The van der Waals surface area contributed by atoms with Crippen LogP contribution in [0.1, 0.15) is 86.1 Å². The van der Waals surface area contributed by atoms with Crippen molar-refractivity contribution < 1.29 is 38.3 Å². The highest BCUT2D eigenvalue weighted by atomic mass is 16.7. The molecular weight excluding hydrogens is 716 g/mol. The van der Waals surface area contributed by atoms with Gasteiger partial charge in [0.1, 0.15) is 12.1 Å². The van der Waals surface area contributed by atoms with Gasteiger partial charge in [-0.15, -0.1) is 0 Å². The van der Waals surface area contributed by atoms with Crippen molar-refractivity contribution in [3.8, 4) is 0 Å². The van der Waals surface area contributed by atoms with Crippen LogP contribution >= 0.6 is 0 Å². The molecule has 316 valence electrons. The van der Waals surface area contributed by atoms with E-state index in [0.717, 1.165) is 18.4 Å². The number of Topliss-reactive ketones (excluding diaryl/α,β-unsaturated/α-hetero) is 1. The Bertz CT molecular complexity index is 1420. The summed E-state index contributed by atoms with van der Waals surface area (Å²) in [5, 5.41) is 13.8. The summed E-state index contributed by atoms with van der Waals surface area (Å²) < 4.78 is 11.9. The molecule has 2 saturated heterocycles. The molecule has 0 spiro atoms. The second-order valence-electron chi connectivity index (χ2n) is 16.3. The molecule has 2 heterocycles. The van der Waals surface area contributed by atoms with E-state index >= 15 is 0 Å². The Kier molecular flexibility index (Phi) is 18.9. The first-order chi connectivity index (χ1) is 26.6. The topological polar surface area (TPSA) is 168 Å². The smallest absolute Gasteiger partial charge is 0.269 e. The van der Waals surface area contributed by atoms with Crippen LogP contribution in [0.15, 0.2) is 30.3 Å². The summed E-state index contributed by atoms with van der Waals surface area (Å²) >= 11 is 0. The minimum atomic E-state index is -0.819. The number of ketones is 1. The third kappa shape index (κ3) is 12.3. The number of hydrogen-bond donors (Lipinski definition) is 4. The molecule has 14 nitrogen and oxygen atoms in total. The van der Waals surface area contributed by atoms with Gasteiger partial charge >= 0.3 is 0 Å². The van der Waals surface area contributed by atoms with Crippen LogP contribution in [0.2, 0.25) is 0 Å².